The highest BCUT2D eigenvalue weighted by molar-refractivity contribution is 7.99. The first-order chi connectivity index (χ1) is 19.4. The molecule has 2 bridgehead atoms. The van der Waals surface area contributed by atoms with E-state index < -0.39 is 15.8 Å². The smallest absolute Gasteiger partial charge is 0.262 e. The van der Waals surface area contributed by atoms with Crippen LogP contribution in [0.3, 0.4) is 0 Å². The molecule has 2 N–H and O–H groups in total. The van der Waals surface area contributed by atoms with Crippen molar-refractivity contribution in [2.75, 3.05) is 30.3 Å². The first-order valence-corrected chi connectivity index (χ1v) is 17.0. The van der Waals surface area contributed by atoms with Gasteiger partial charge in [-0.3, -0.25) is 9.52 Å². The van der Waals surface area contributed by atoms with Gasteiger partial charge in [0.15, 0.2) is 0 Å². The number of allylic oxidation sites excluding steroid dienone is 1. The Morgan fingerprint density at radius 3 is 2.80 bits per heavy atom. The summed E-state index contributed by atoms with van der Waals surface area (Å²) in [5.74, 6) is 4.99. The van der Waals surface area contributed by atoms with E-state index in [0.29, 0.717) is 24.5 Å². The number of amides is 1. The van der Waals surface area contributed by atoms with Gasteiger partial charge in [0.05, 0.1) is 18.4 Å². The van der Waals surface area contributed by atoms with Gasteiger partial charge >= 0.3 is 0 Å². The number of carbonyl (C=O) groups is 1. The Labute approximate surface area is 249 Å². The number of hydrogen-bond donors (Lipinski definition) is 2. The van der Waals surface area contributed by atoms with Crippen molar-refractivity contribution in [1.29, 1.82) is 0 Å². The number of aliphatic hydroxyl groups is 1. The van der Waals surface area contributed by atoms with Crippen LogP contribution in [-0.4, -0.2) is 52.6 Å². The highest BCUT2D eigenvalue weighted by Crippen LogP contribution is 2.46. The highest BCUT2D eigenvalue weighted by atomic mass is 35.5. The maximum absolute atomic E-state index is 13.4. The van der Waals surface area contributed by atoms with Crippen molar-refractivity contribution < 1.29 is 18.8 Å². The summed E-state index contributed by atoms with van der Waals surface area (Å²) in [6, 6.07) is 11.7. The third-order valence-corrected chi connectivity index (χ3v) is 11.6. The molecule has 2 aromatic carbocycles. The summed E-state index contributed by atoms with van der Waals surface area (Å²) in [7, 11) is -2.89. The molecule has 2 aliphatic heterocycles. The maximum atomic E-state index is 13.4. The number of anilines is 1. The van der Waals surface area contributed by atoms with E-state index in [-0.39, 0.29) is 28.4 Å². The van der Waals surface area contributed by atoms with Gasteiger partial charge in [0.25, 0.3) is 5.91 Å². The molecule has 8 heteroatoms. The normalized spacial score (nSPS) is 33.8. The van der Waals surface area contributed by atoms with E-state index in [1.807, 2.05) is 44.2 Å². The fourth-order valence-electron chi connectivity index (χ4n) is 7.43. The summed E-state index contributed by atoms with van der Waals surface area (Å²) in [6.07, 6.45) is 9.11. The fourth-order valence-corrected chi connectivity index (χ4v) is 9.54. The van der Waals surface area contributed by atoms with Crippen LogP contribution in [0.15, 0.2) is 48.6 Å². The second kappa shape index (κ2) is 10.7. The van der Waals surface area contributed by atoms with Crippen LogP contribution in [0.4, 0.5) is 5.69 Å². The third kappa shape index (κ3) is 5.78. The molecule has 220 valence electrons. The molecule has 0 radical (unpaired) electrons. The Kier molecular flexibility index (Phi) is 7.44. The number of rotatable bonds is 0. The molecule has 4 aliphatic rings. The number of aryl methyl sites for hydroxylation is 1. The third-order valence-electron chi connectivity index (χ3n) is 9.58. The number of halogens is 1. The van der Waals surface area contributed by atoms with Crippen LogP contribution in [0.2, 0.25) is 5.02 Å². The highest BCUT2D eigenvalue weighted by Gasteiger charge is 2.44. The second-order valence-electron chi connectivity index (χ2n) is 13.5. The molecule has 5 atom stereocenters. The molecule has 1 amide bonds. The van der Waals surface area contributed by atoms with Gasteiger partial charge in [-0.25, -0.2) is 4.21 Å². The minimum Gasteiger partial charge on any atom is -0.490 e. The first-order valence-electron chi connectivity index (χ1n) is 14.8. The predicted molar refractivity (Wildman–Crippen MR) is 168 cm³/mol. The molecule has 2 aromatic rings. The number of carbonyl (C=O) groups excluding carboxylic acids is 1. The standard InChI is InChI=1S/C33H41ClN2O4S/c1-32(2)14-5-7-29(37)26-11-8-24(26)18-36-19-33(15-4-6-22-16-25(34)10-12-27(22)33)20-40-30-13-9-23(17-28(30)36)31(38)35-41(3,39)21-32/h5,7,9-10,12-13,16-17,24,26,29,37H,3-4,6,8,11,14-15,18-21H2,1-2H3,(H,35,38,39)/b7-5+/t24-,26+,29-,33-,41?/m0/s1. The van der Waals surface area contributed by atoms with E-state index in [1.54, 1.807) is 6.07 Å². The molecule has 1 saturated carbocycles. The van der Waals surface area contributed by atoms with E-state index in [9.17, 15) is 14.1 Å². The number of benzene rings is 2. The molecule has 1 unspecified atom stereocenters. The van der Waals surface area contributed by atoms with E-state index in [2.05, 4.69) is 27.6 Å². The lowest BCUT2D eigenvalue weighted by atomic mass is 9.68. The molecule has 2 aliphatic carbocycles. The van der Waals surface area contributed by atoms with Gasteiger partial charge in [0.2, 0.25) is 0 Å². The average molecular weight is 597 g/mol. The van der Waals surface area contributed by atoms with E-state index in [1.165, 1.54) is 11.1 Å². The molecule has 6 nitrogen and oxygen atoms in total. The van der Waals surface area contributed by atoms with Crippen molar-refractivity contribution in [2.24, 2.45) is 17.3 Å². The van der Waals surface area contributed by atoms with E-state index in [4.69, 9.17) is 16.3 Å². The minimum absolute atomic E-state index is 0.173. The lowest BCUT2D eigenvalue weighted by molar-refractivity contribution is 0.0455. The molecule has 2 heterocycles. The van der Waals surface area contributed by atoms with Crippen molar-refractivity contribution in [3.63, 3.8) is 0 Å². The Balaban J connectivity index is 1.42. The zero-order valence-corrected chi connectivity index (χ0v) is 25.6. The van der Waals surface area contributed by atoms with Crippen molar-refractivity contribution in [2.45, 2.75) is 63.9 Å². The summed E-state index contributed by atoms with van der Waals surface area (Å²) in [5, 5.41) is 11.9. The summed E-state index contributed by atoms with van der Waals surface area (Å²) in [5.41, 5.74) is 3.31. The Morgan fingerprint density at radius 2 is 2.02 bits per heavy atom. The van der Waals surface area contributed by atoms with Gasteiger partial charge in [0.1, 0.15) is 5.75 Å². The van der Waals surface area contributed by atoms with Gasteiger partial charge in [0, 0.05) is 44.6 Å². The molecule has 1 fully saturated rings. The van der Waals surface area contributed by atoms with Crippen LogP contribution in [0.5, 0.6) is 5.75 Å². The van der Waals surface area contributed by atoms with Crippen LogP contribution >= 0.6 is 11.6 Å². The molecule has 41 heavy (non-hydrogen) atoms. The molecule has 1 spiro atoms. The minimum atomic E-state index is -2.89. The number of aliphatic hydroxyl groups excluding tert-OH is 1. The van der Waals surface area contributed by atoms with Gasteiger partial charge < -0.3 is 14.7 Å². The van der Waals surface area contributed by atoms with Crippen molar-refractivity contribution >= 4 is 38.8 Å². The summed E-state index contributed by atoms with van der Waals surface area (Å²) in [6.45, 7) is 6.08. The number of hydrogen-bond acceptors (Lipinski definition) is 5. The Morgan fingerprint density at radius 1 is 1.20 bits per heavy atom. The molecular weight excluding hydrogens is 556 g/mol. The maximum Gasteiger partial charge on any atom is 0.262 e. The lowest BCUT2D eigenvalue weighted by Crippen LogP contribution is -2.49. The van der Waals surface area contributed by atoms with Gasteiger partial charge in [-0.2, -0.15) is 0 Å². The van der Waals surface area contributed by atoms with E-state index in [0.717, 1.165) is 61.7 Å². The number of ether oxygens (including phenoxy) is 1. The largest absolute Gasteiger partial charge is 0.490 e. The van der Waals surface area contributed by atoms with Crippen LogP contribution in [-0.2, 0) is 21.5 Å². The molecular formula is C33H41ClN2O4S. The van der Waals surface area contributed by atoms with Gasteiger partial charge in [-0.05, 0) is 103 Å². The number of nitrogens with one attached hydrogen (secondary N) is 1. The number of fused-ring (bicyclic) bond motifs is 4. The van der Waals surface area contributed by atoms with Crippen molar-refractivity contribution in [3.05, 3.63) is 70.3 Å². The second-order valence-corrected chi connectivity index (χ2v) is 16.0. The van der Waals surface area contributed by atoms with Crippen molar-refractivity contribution in [3.8, 4) is 5.75 Å². The zero-order chi connectivity index (χ0) is 29.0. The quantitative estimate of drug-likeness (QED) is 0.308. The van der Waals surface area contributed by atoms with Crippen LogP contribution in [0, 0.1) is 17.3 Å². The fraction of sp³-hybridized carbons (Fsp3) is 0.515. The average Bonchev–Trinajstić information content (AvgIpc) is 3.02. The van der Waals surface area contributed by atoms with E-state index >= 15 is 0 Å². The van der Waals surface area contributed by atoms with Crippen molar-refractivity contribution in [1.82, 2.24) is 4.72 Å². The van der Waals surface area contributed by atoms with Gasteiger partial charge in [-0.1, -0.05) is 43.7 Å². The monoisotopic (exact) mass is 596 g/mol. The lowest BCUT2D eigenvalue weighted by Gasteiger charge is -2.45. The van der Waals surface area contributed by atoms with Crippen LogP contribution < -0.4 is 14.4 Å². The molecule has 6 rings (SSSR count). The first kappa shape index (κ1) is 28.6. The topological polar surface area (TPSA) is 78.9 Å². The molecule has 0 saturated heterocycles. The Bertz CT molecular complexity index is 1490. The number of nitrogens with zero attached hydrogens (tertiary/aromatic N) is 1. The van der Waals surface area contributed by atoms with Crippen LogP contribution in [0.1, 0.15) is 67.4 Å². The Hall–Kier alpha value is -2.48. The summed E-state index contributed by atoms with van der Waals surface area (Å²) in [4.78, 5) is 15.8. The van der Waals surface area contributed by atoms with Gasteiger partial charge in [-0.15, -0.1) is 0 Å². The molecule has 0 aromatic heterocycles. The summed E-state index contributed by atoms with van der Waals surface area (Å²) >= 11 is 6.39. The van der Waals surface area contributed by atoms with Crippen LogP contribution in [0.25, 0.3) is 0 Å². The predicted octanol–water partition coefficient (Wildman–Crippen LogP) is 5.55. The summed E-state index contributed by atoms with van der Waals surface area (Å²) < 4.78 is 22.7. The SMILES string of the molecule is C=S1(=O)CC(C)(C)C/C=C/[C@H](O)[C@@H]2CC[C@H]2CN2C[C@@]3(CCCc4cc(Cl)ccc43)COc3ccc(cc32)C(=O)N1. The zero-order valence-electron chi connectivity index (χ0n) is 24.0.